The topological polar surface area (TPSA) is 79.5 Å². The molecule has 0 aliphatic rings. The van der Waals surface area contributed by atoms with Crippen LogP contribution in [0.25, 0.3) is 11.0 Å². The van der Waals surface area contributed by atoms with Crippen molar-refractivity contribution in [3.05, 3.63) is 102 Å². The van der Waals surface area contributed by atoms with E-state index in [4.69, 9.17) is 4.98 Å². The lowest BCUT2D eigenvalue weighted by Crippen LogP contribution is -2.20. The molecule has 6 nitrogen and oxygen atoms in total. The molecule has 0 aliphatic carbocycles. The third-order valence-corrected chi connectivity index (χ3v) is 6.02. The van der Waals surface area contributed by atoms with E-state index in [2.05, 4.69) is 33.8 Å². The quantitative estimate of drug-likeness (QED) is 0.165. The number of hydrogen-bond donors (Lipinski definition) is 2. The van der Waals surface area contributed by atoms with Gasteiger partial charge in [-0.1, -0.05) is 72.4 Å². The largest absolute Gasteiger partial charge is 0.507 e. The number of nitrogens with one attached hydrogen (secondary N) is 1. The molecule has 4 aromatic rings. The highest BCUT2D eigenvalue weighted by molar-refractivity contribution is 7.99. The van der Waals surface area contributed by atoms with Gasteiger partial charge in [0.2, 0.25) is 0 Å². The molecule has 0 spiro atoms. The third kappa shape index (κ3) is 5.51. The molecular formula is C26H24N4O2S. The second kappa shape index (κ2) is 10.7. The predicted octanol–water partition coefficient (Wildman–Crippen LogP) is 4.76. The van der Waals surface area contributed by atoms with Gasteiger partial charge in [0.15, 0.2) is 5.16 Å². The molecule has 4 rings (SSSR count). The normalized spacial score (nSPS) is 11.2. The lowest BCUT2D eigenvalue weighted by atomic mass is 10.1. The molecule has 0 atom stereocenters. The van der Waals surface area contributed by atoms with E-state index in [0.29, 0.717) is 18.5 Å². The van der Waals surface area contributed by atoms with Crippen molar-refractivity contribution < 1.29 is 9.90 Å². The number of imidazole rings is 1. The maximum Gasteiger partial charge on any atom is 0.250 e. The van der Waals surface area contributed by atoms with Crippen molar-refractivity contribution in [3.63, 3.8) is 0 Å². The van der Waals surface area contributed by atoms with Gasteiger partial charge in [-0.25, -0.2) is 10.4 Å². The Morgan fingerprint density at radius 2 is 1.88 bits per heavy atom. The molecule has 3 aromatic carbocycles. The van der Waals surface area contributed by atoms with Crippen molar-refractivity contribution in [2.45, 2.75) is 18.1 Å². The summed E-state index contributed by atoms with van der Waals surface area (Å²) in [6.45, 7) is 4.36. The zero-order valence-electron chi connectivity index (χ0n) is 18.0. The molecule has 166 valence electrons. The average molecular weight is 457 g/mol. The lowest BCUT2D eigenvalue weighted by molar-refractivity contribution is -0.118. The Bertz CT molecular complexity index is 1300. The highest BCUT2D eigenvalue weighted by Gasteiger charge is 2.13. The minimum absolute atomic E-state index is 0.138. The van der Waals surface area contributed by atoms with Crippen LogP contribution < -0.4 is 5.43 Å². The third-order valence-electron chi connectivity index (χ3n) is 5.04. The Morgan fingerprint density at radius 3 is 2.70 bits per heavy atom. The summed E-state index contributed by atoms with van der Waals surface area (Å²) in [5.41, 5.74) is 6.90. The van der Waals surface area contributed by atoms with Crippen molar-refractivity contribution in [1.29, 1.82) is 0 Å². The number of aromatic nitrogens is 2. The summed E-state index contributed by atoms with van der Waals surface area (Å²) in [6, 6.07) is 23.5. The number of thioether (sulfide) groups is 1. The van der Waals surface area contributed by atoms with Crippen LogP contribution in [0.2, 0.25) is 0 Å². The van der Waals surface area contributed by atoms with Crippen molar-refractivity contribution in [2.75, 3.05) is 5.75 Å². The molecule has 1 aromatic heterocycles. The van der Waals surface area contributed by atoms with Gasteiger partial charge in [-0.2, -0.15) is 5.10 Å². The molecule has 0 saturated heterocycles. The number of benzene rings is 3. The van der Waals surface area contributed by atoms with Crippen LogP contribution >= 0.6 is 11.8 Å². The van der Waals surface area contributed by atoms with Gasteiger partial charge in [-0.05, 0) is 35.7 Å². The van der Waals surface area contributed by atoms with E-state index in [-0.39, 0.29) is 17.4 Å². The van der Waals surface area contributed by atoms with E-state index in [9.17, 15) is 9.90 Å². The van der Waals surface area contributed by atoms with Crippen molar-refractivity contribution in [3.8, 4) is 5.75 Å². The van der Waals surface area contributed by atoms with Crippen molar-refractivity contribution in [1.82, 2.24) is 15.0 Å². The van der Waals surface area contributed by atoms with Gasteiger partial charge in [0.25, 0.3) is 5.91 Å². The first-order valence-corrected chi connectivity index (χ1v) is 11.5. The number of carbonyl (C=O) groups is 1. The molecular weight excluding hydrogens is 432 g/mol. The van der Waals surface area contributed by atoms with Crippen LogP contribution in [0.5, 0.6) is 5.75 Å². The average Bonchev–Trinajstić information content (AvgIpc) is 3.18. The number of carbonyl (C=O) groups excluding carboxylic acids is 1. The summed E-state index contributed by atoms with van der Waals surface area (Å²) in [5.74, 6) is 0.0495. The maximum absolute atomic E-state index is 12.4. The van der Waals surface area contributed by atoms with Crippen LogP contribution in [0.1, 0.15) is 16.7 Å². The Hall–Kier alpha value is -3.84. The fourth-order valence-corrected chi connectivity index (χ4v) is 4.26. The molecule has 0 aliphatic heterocycles. The van der Waals surface area contributed by atoms with E-state index in [1.54, 1.807) is 12.1 Å². The molecule has 0 radical (unpaired) electrons. The number of hydrogen-bond acceptors (Lipinski definition) is 5. The van der Waals surface area contributed by atoms with Crippen LogP contribution in [0, 0.1) is 0 Å². The Morgan fingerprint density at radius 1 is 1.09 bits per heavy atom. The van der Waals surface area contributed by atoms with E-state index in [1.165, 1.54) is 18.0 Å². The second-order valence-electron chi connectivity index (χ2n) is 7.38. The number of phenols is 1. The predicted molar refractivity (Wildman–Crippen MR) is 134 cm³/mol. The monoisotopic (exact) mass is 456 g/mol. The fourth-order valence-electron chi connectivity index (χ4n) is 3.45. The van der Waals surface area contributed by atoms with Gasteiger partial charge in [0.1, 0.15) is 5.75 Å². The van der Waals surface area contributed by atoms with E-state index in [0.717, 1.165) is 27.3 Å². The second-order valence-corrected chi connectivity index (χ2v) is 8.33. The number of phenolic OH excluding ortho intramolecular Hbond substituents is 1. The van der Waals surface area contributed by atoms with Crippen LogP contribution in [0.3, 0.4) is 0 Å². The SMILES string of the molecule is C=CCc1cccc(/C=N\NC(=O)CSc2nc3ccccc3n2Cc2ccccc2)c1O. The molecule has 0 fully saturated rings. The number of amides is 1. The standard InChI is InChI=1S/C26H24N4O2S/c1-2-9-20-12-8-13-21(25(20)32)16-27-29-24(31)18-33-26-28-22-14-6-7-15-23(22)30(26)17-19-10-4-3-5-11-19/h2-8,10-16,32H,1,9,17-18H2,(H,29,31)/b27-16-. The maximum atomic E-state index is 12.4. The summed E-state index contributed by atoms with van der Waals surface area (Å²) in [4.78, 5) is 17.1. The van der Waals surface area contributed by atoms with E-state index in [1.807, 2.05) is 54.6 Å². The van der Waals surface area contributed by atoms with E-state index >= 15 is 0 Å². The zero-order chi connectivity index (χ0) is 23.0. The van der Waals surface area contributed by atoms with Gasteiger partial charge >= 0.3 is 0 Å². The fraction of sp³-hybridized carbons (Fsp3) is 0.115. The number of hydrazone groups is 1. The molecule has 0 bridgehead atoms. The van der Waals surface area contributed by atoms with Crippen LogP contribution in [0.15, 0.2) is 95.7 Å². The minimum Gasteiger partial charge on any atom is -0.507 e. The van der Waals surface area contributed by atoms with Gasteiger partial charge in [0.05, 0.1) is 29.5 Å². The summed E-state index contributed by atoms with van der Waals surface area (Å²) in [6.07, 6.45) is 3.72. The van der Waals surface area contributed by atoms with Gasteiger partial charge < -0.3 is 9.67 Å². The molecule has 0 saturated carbocycles. The first kappa shape index (κ1) is 22.4. The molecule has 2 N–H and O–H groups in total. The number of nitrogens with zero attached hydrogens (tertiary/aromatic N) is 3. The smallest absolute Gasteiger partial charge is 0.250 e. The molecule has 0 unspecified atom stereocenters. The molecule has 33 heavy (non-hydrogen) atoms. The number of allylic oxidation sites excluding steroid dienone is 1. The number of rotatable bonds is 9. The Balaban J connectivity index is 1.43. The number of aromatic hydroxyl groups is 1. The Kier molecular flexibility index (Phi) is 7.22. The zero-order valence-corrected chi connectivity index (χ0v) is 18.8. The van der Waals surface area contributed by atoms with Gasteiger partial charge in [0, 0.05) is 5.56 Å². The lowest BCUT2D eigenvalue weighted by Gasteiger charge is -2.09. The molecule has 7 heteroatoms. The van der Waals surface area contributed by atoms with Crippen LogP contribution in [-0.4, -0.2) is 32.5 Å². The highest BCUT2D eigenvalue weighted by Crippen LogP contribution is 2.25. The summed E-state index contributed by atoms with van der Waals surface area (Å²) < 4.78 is 2.12. The summed E-state index contributed by atoms with van der Waals surface area (Å²) in [7, 11) is 0. The first-order chi connectivity index (χ1) is 16.2. The van der Waals surface area contributed by atoms with Crippen molar-refractivity contribution in [2.24, 2.45) is 5.10 Å². The van der Waals surface area contributed by atoms with Crippen LogP contribution in [-0.2, 0) is 17.8 Å². The number of para-hydroxylation sites is 3. The first-order valence-electron chi connectivity index (χ1n) is 10.5. The summed E-state index contributed by atoms with van der Waals surface area (Å²) in [5, 5.41) is 15.1. The highest BCUT2D eigenvalue weighted by atomic mass is 32.2. The van der Waals surface area contributed by atoms with Crippen LogP contribution in [0.4, 0.5) is 0 Å². The van der Waals surface area contributed by atoms with Gasteiger partial charge in [-0.3, -0.25) is 4.79 Å². The summed E-state index contributed by atoms with van der Waals surface area (Å²) >= 11 is 1.36. The van der Waals surface area contributed by atoms with Crippen molar-refractivity contribution >= 4 is 34.9 Å². The van der Waals surface area contributed by atoms with E-state index < -0.39 is 0 Å². The Labute approximate surface area is 196 Å². The molecule has 1 heterocycles. The number of fused-ring (bicyclic) bond motifs is 1. The molecule has 1 amide bonds. The van der Waals surface area contributed by atoms with Gasteiger partial charge in [-0.15, -0.1) is 6.58 Å². The minimum atomic E-state index is -0.253.